The van der Waals surface area contributed by atoms with Crippen LogP contribution in [0.25, 0.3) is 0 Å². The minimum absolute atomic E-state index is 0.00446. The molecule has 1 amide bonds. The van der Waals surface area contributed by atoms with Crippen LogP contribution in [0.2, 0.25) is 5.02 Å². The average Bonchev–Trinajstić information content (AvgIpc) is 2.48. The molecule has 0 bridgehead atoms. The van der Waals surface area contributed by atoms with E-state index in [-0.39, 0.29) is 23.1 Å². The van der Waals surface area contributed by atoms with Gasteiger partial charge in [-0.2, -0.15) is 0 Å². The smallest absolute Gasteiger partial charge is 0.312 e. The first-order valence-electron chi connectivity index (χ1n) is 6.80. The van der Waals surface area contributed by atoms with Crippen LogP contribution < -0.4 is 10.1 Å². The Morgan fingerprint density at radius 2 is 2.00 bits per heavy atom. The Morgan fingerprint density at radius 1 is 1.26 bits per heavy atom. The Kier molecular flexibility index (Phi) is 5.18. The van der Waals surface area contributed by atoms with Crippen molar-refractivity contribution in [3.8, 4) is 5.75 Å². The first-order chi connectivity index (χ1) is 10.9. The molecule has 0 aliphatic carbocycles. The molecule has 0 saturated heterocycles. The van der Waals surface area contributed by atoms with Gasteiger partial charge in [0.05, 0.1) is 4.92 Å². The van der Waals surface area contributed by atoms with E-state index in [1.54, 1.807) is 6.07 Å². The van der Waals surface area contributed by atoms with Gasteiger partial charge in [0.2, 0.25) is 0 Å². The van der Waals surface area contributed by atoms with Crippen LogP contribution in [0.4, 0.5) is 11.4 Å². The van der Waals surface area contributed by atoms with Gasteiger partial charge in [-0.05, 0) is 37.6 Å². The molecule has 0 fully saturated rings. The highest BCUT2D eigenvalue weighted by Gasteiger charge is 2.17. The molecule has 0 atom stereocenters. The van der Waals surface area contributed by atoms with E-state index in [1.165, 1.54) is 18.2 Å². The molecule has 120 valence electrons. The minimum atomic E-state index is -0.608. The van der Waals surface area contributed by atoms with Gasteiger partial charge in [0, 0.05) is 16.8 Å². The number of hydrogen-bond acceptors (Lipinski definition) is 4. The topological polar surface area (TPSA) is 81.5 Å². The Hall–Kier alpha value is -2.60. The van der Waals surface area contributed by atoms with Crippen molar-refractivity contribution in [1.29, 1.82) is 0 Å². The molecule has 7 heteroatoms. The highest BCUT2D eigenvalue weighted by Crippen LogP contribution is 2.29. The number of halogens is 1. The van der Waals surface area contributed by atoms with Gasteiger partial charge in [-0.3, -0.25) is 14.9 Å². The zero-order chi connectivity index (χ0) is 17.0. The summed E-state index contributed by atoms with van der Waals surface area (Å²) in [6.45, 7) is 3.50. The van der Waals surface area contributed by atoms with Crippen molar-refractivity contribution in [2.45, 2.75) is 13.8 Å². The Labute approximate surface area is 138 Å². The molecule has 1 N–H and O–H groups in total. The van der Waals surface area contributed by atoms with Crippen molar-refractivity contribution < 1.29 is 14.5 Å². The first kappa shape index (κ1) is 16.8. The second-order valence-electron chi connectivity index (χ2n) is 5.02. The number of nitrogens with zero attached hydrogens (tertiary/aromatic N) is 1. The summed E-state index contributed by atoms with van der Waals surface area (Å²) >= 11 is 5.72. The molecular formula is C16H15ClN2O4. The summed E-state index contributed by atoms with van der Waals surface area (Å²) in [7, 11) is 0. The zero-order valence-electron chi connectivity index (χ0n) is 12.6. The molecule has 0 radical (unpaired) electrons. The highest BCUT2D eigenvalue weighted by atomic mass is 35.5. The maximum absolute atomic E-state index is 11.9. The predicted molar refractivity (Wildman–Crippen MR) is 88.1 cm³/mol. The van der Waals surface area contributed by atoms with E-state index in [1.807, 2.05) is 26.0 Å². The molecule has 0 spiro atoms. The van der Waals surface area contributed by atoms with E-state index in [4.69, 9.17) is 16.3 Å². The molecule has 0 aliphatic rings. The summed E-state index contributed by atoms with van der Waals surface area (Å²) in [5.74, 6) is -0.406. The molecular weight excluding hydrogens is 320 g/mol. The van der Waals surface area contributed by atoms with E-state index >= 15 is 0 Å². The SMILES string of the molecule is Cc1ccc(NC(=O)COc2ccc(Cl)cc2[N+](=O)[O-])c(C)c1. The van der Waals surface area contributed by atoms with Crippen LogP contribution in [-0.4, -0.2) is 17.4 Å². The third-order valence-electron chi connectivity index (χ3n) is 3.13. The maximum Gasteiger partial charge on any atom is 0.312 e. The van der Waals surface area contributed by atoms with Gasteiger partial charge in [-0.1, -0.05) is 29.3 Å². The van der Waals surface area contributed by atoms with Crippen molar-refractivity contribution in [2.75, 3.05) is 11.9 Å². The lowest BCUT2D eigenvalue weighted by Gasteiger charge is -2.10. The second-order valence-corrected chi connectivity index (χ2v) is 5.46. The fraction of sp³-hybridized carbons (Fsp3) is 0.188. The molecule has 0 heterocycles. The van der Waals surface area contributed by atoms with Crippen LogP contribution in [0.15, 0.2) is 36.4 Å². The quantitative estimate of drug-likeness (QED) is 0.664. The number of anilines is 1. The molecule has 0 aromatic heterocycles. The van der Waals surface area contributed by atoms with Crippen LogP contribution in [-0.2, 0) is 4.79 Å². The number of carbonyl (C=O) groups is 1. The lowest BCUT2D eigenvalue weighted by atomic mass is 10.1. The van der Waals surface area contributed by atoms with Gasteiger partial charge in [-0.15, -0.1) is 0 Å². The third kappa shape index (κ3) is 4.43. The van der Waals surface area contributed by atoms with Crippen molar-refractivity contribution in [3.05, 3.63) is 62.7 Å². The fourth-order valence-corrected chi connectivity index (χ4v) is 2.21. The summed E-state index contributed by atoms with van der Waals surface area (Å²) in [5, 5.41) is 13.9. The van der Waals surface area contributed by atoms with E-state index in [9.17, 15) is 14.9 Å². The summed E-state index contributed by atoms with van der Waals surface area (Å²) < 4.78 is 5.24. The van der Waals surface area contributed by atoms with E-state index < -0.39 is 10.8 Å². The normalized spacial score (nSPS) is 10.2. The maximum atomic E-state index is 11.9. The number of carbonyl (C=O) groups excluding carboxylic acids is 1. The molecule has 2 aromatic carbocycles. The number of nitro groups is 1. The van der Waals surface area contributed by atoms with E-state index in [2.05, 4.69) is 5.32 Å². The van der Waals surface area contributed by atoms with Crippen LogP contribution in [0.3, 0.4) is 0 Å². The lowest BCUT2D eigenvalue weighted by Crippen LogP contribution is -2.21. The second kappa shape index (κ2) is 7.11. The van der Waals surface area contributed by atoms with Gasteiger partial charge >= 0.3 is 5.69 Å². The average molecular weight is 335 g/mol. The van der Waals surface area contributed by atoms with Gasteiger partial charge in [-0.25, -0.2) is 0 Å². The van der Waals surface area contributed by atoms with Gasteiger partial charge < -0.3 is 10.1 Å². The highest BCUT2D eigenvalue weighted by molar-refractivity contribution is 6.30. The summed E-state index contributed by atoms with van der Waals surface area (Å²) in [4.78, 5) is 22.3. The van der Waals surface area contributed by atoms with Crippen LogP contribution in [0.5, 0.6) is 5.75 Å². The standard InChI is InChI=1S/C16H15ClN2O4/c1-10-3-5-13(11(2)7-10)18-16(20)9-23-15-6-4-12(17)8-14(15)19(21)22/h3-8H,9H2,1-2H3,(H,18,20). The summed E-state index contributed by atoms with van der Waals surface area (Å²) in [5.41, 5.74) is 2.41. The van der Waals surface area contributed by atoms with Crippen molar-refractivity contribution >= 4 is 28.9 Å². The molecule has 0 saturated carbocycles. The summed E-state index contributed by atoms with van der Waals surface area (Å²) in [6.07, 6.45) is 0. The van der Waals surface area contributed by atoms with Crippen LogP contribution in [0, 0.1) is 24.0 Å². The number of nitro benzene ring substituents is 1. The van der Waals surface area contributed by atoms with Crippen LogP contribution >= 0.6 is 11.6 Å². The number of ether oxygens (including phenoxy) is 1. The van der Waals surface area contributed by atoms with Gasteiger partial charge in [0.15, 0.2) is 12.4 Å². The monoisotopic (exact) mass is 334 g/mol. The third-order valence-corrected chi connectivity index (χ3v) is 3.37. The van der Waals surface area contributed by atoms with Crippen LogP contribution in [0.1, 0.15) is 11.1 Å². The Morgan fingerprint density at radius 3 is 2.65 bits per heavy atom. The van der Waals surface area contributed by atoms with Gasteiger partial charge in [0.1, 0.15) is 0 Å². The first-order valence-corrected chi connectivity index (χ1v) is 7.18. The van der Waals surface area contributed by atoms with Gasteiger partial charge in [0.25, 0.3) is 5.91 Å². The Balaban J connectivity index is 2.03. The largest absolute Gasteiger partial charge is 0.477 e. The van der Waals surface area contributed by atoms with E-state index in [0.717, 1.165) is 11.1 Å². The fourth-order valence-electron chi connectivity index (χ4n) is 2.04. The molecule has 6 nitrogen and oxygen atoms in total. The zero-order valence-corrected chi connectivity index (χ0v) is 13.4. The summed E-state index contributed by atoms with van der Waals surface area (Å²) in [6, 6.07) is 9.64. The van der Waals surface area contributed by atoms with Crippen molar-refractivity contribution in [3.63, 3.8) is 0 Å². The minimum Gasteiger partial charge on any atom is -0.477 e. The molecule has 23 heavy (non-hydrogen) atoms. The van der Waals surface area contributed by atoms with Crippen molar-refractivity contribution in [2.24, 2.45) is 0 Å². The molecule has 2 aromatic rings. The molecule has 2 rings (SSSR count). The number of benzene rings is 2. The van der Waals surface area contributed by atoms with Crippen molar-refractivity contribution in [1.82, 2.24) is 0 Å². The number of amides is 1. The molecule has 0 aliphatic heterocycles. The number of hydrogen-bond donors (Lipinski definition) is 1. The number of aryl methyl sites for hydroxylation is 2. The Bertz CT molecular complexity index is 762. The predicted octanol–water partition coefficient (Wildman–Crippen LogP) is 3.88. The number of rotatable bonds is 5. The molecule has 0 unspecified atom stereocenters. The lowest BCUT2D eigenvalue weighted by molar-refractivity contribution is -0.385. The number of nitrogens with one attached hydrogen (secondary N) is 1. The van der Waals surface area contributed by atoms with E-state index in [0.29, 0.717) is 5.69 Å².